The van der Waals surface area contributed by atoms with Gasteiger partial charge in [-0.3, -0.25) is 0 Å². The van der Waals surface area contributed by atoms with Gasteiger partial charge in [0.2, 0.25) is 0 Å². The van der Waals surface area contributed by atoms with Crippen LogP contribution in [0.3, 0.4) is 0 Å². The first-order valence-electron chi connectivity index (χ1n) is 8.40. The van der Waals surface area contributed by atoms with E-state index in [-0.39, 0.29) is 0 Å². The first-order valence-corrected chi connectivity index (χ1v) is 8.40. The summed E-state index contributed by atoms with van der Waals surface area (Å²) in [6.07, 6.45) is 7.68. The summed E-state index contributed by atoms with van der Waals surface area (Å²) in [5.74, 6) is 2.59. The third-order valence-corrected chi connectivity index (χ3v) is 4.54. The molecule has 0 unspecified atom stereocenters. The zero-order valence-electron chi connectivity index (χ0n) is 13.4. The van der Waals surface area contributed by atoms with Crippen LogP contribution < -0.4 is 0 Å². The number of nitrogens with zero attached hydrogens (tertiary/aromatic N) is 1. The van der Waals surface area contributed by atoms with Gasteiger partial charge in [0.05, 0.1) is 12.2 Å². The summed E-state index contributed by atoms with van der Waals surface area (Å²) in [6, 6.07) is 0. The minimum absolute atomic E-state index is 0.549. The Morgan fingerprint density at radius 3 is 2.11 bits per heavy atom. The number of rotatable bonds is 6. The summed E-state index contributed by atoms with van der Waals surface area (Å²) in [7, 11) is 0. The maximum atomic E-state index is 6.27. The summed E-state index contributed by atoms with van der Waals surface area (Å²) >= 11 is 0. The number of hydrogen-bond donors (Lipinski definition) is 0. The highest BCUT2D eigenvalue weighted by Gasteiger charge is 2.32. The number of ether oxygens (including phenoxy) is 1. The van der Waals surface area contributed by atoms with Crippen LogP contribution >= 0.6 is 0 Å². The highest BCUT2D eigenvalue weighted by molar-refractivity contribution is 4.83. The molecule has 112 valence electrons. The highest BCUT2D eigenvalue weighted by atomic mass is 16.5. The lowest BCUT2D eigenvalue weighted by atomic mass is 9.77. The van der Waals surface area contributed by atoms with E-state index in [0.717, 1.165) is 17.8 Å². The van der Waals surface area contributed by atoms with Gasteiger partial charge in [0, 0.05) is 19.6 Å². The molecule has 0 radical (unpaired) electrons. The second kappa shape index (κ2) is 7.08. The molecular formula is C17H33NO. The van der Waals surface area contributed by atoms with Gasteiger partial charge < -0.3 is 9.64 Å². The van der Waals surface area contributed by atoms with Crippen LogP contribution in [0.15, 0.2) is 0 Å². The minimum Gasteiger partial charge on any atom is -0.375 e. The highest BCUT2D eigenvalue weighted by Crippen LogP contribution is 2.36. The van der Waals surface area contributed by atoms with E-state index in [1.165, 1.54) is 51.7 Å². The van der Waals surface area contributed by atoms with Gasteiger partial charge in [0.25, 0.3) is 0 Å². The molecule has 0 bridgehead atoms. The molecule has 0 amide bonds. The van der Waals surface area contributed by atoms with Crippen LogP contribution in [0.1, 0.15) is 59.8 Å². The van der Waals surface area contributed by atoms with E-state index in [1.807, 2.05) is 0 Å². The Balaban J connectivity index is 1.57. The molecule has 0 aromatic rings. The number of piperidine rings is 1. The van der Waals surface area contributed by atoms with E-state index in [1.54, 1.807) is 0 Å². The molecule has 2 nitrogen and oxygen atoms in total. The Bertz CT molecular complexity index is 250. The molecule has 19 heavy (non-hydrogen) atoms. The molecular weight excluding hydrogens is 234 g/mol. The lowest BCUT2D eigenvalue weighted by Crippen LogP contribution is -2.42. The summed E-state index contributed by atoms with van der Waals surface area (Å²) in [5, 5.41) is 0. The molecule has 0 aromatic carbocycles. The van der Waals surface area contributed by atoms with E-state index in [0.29, 0.717) is 12.2 Å². The second-order valence-corrected chi connectivity index (χ2v) is 7.62. The van der Waals surface area contributed by atoms with Crippen molar-refractivity contribution in [2.45, 2.75) is 72.0 Å². The van der Waals surface area contributed by atoms with Crippen molar-refractivity contribution in [3.8, 4) is 0 Å². The molecule has 2 rings (SSSR count). The van der Waals surface area contributed by atoms with Crippen LogP contribution in [0, 0.1) is 17.8 Å². The maximum Gasteiger partial charge on any atom is 0.0603 e. The first kappa shape index (κ1) is 15.3. The van der Waals surface area contributed by atoms with Gasteiger partial charge in [-0.2, -0.15) is 0 Å². The van der Waals surface area contributed by atoms with Crippen molar-refractivity contribution in [2.24, 2.45) is 17.8 Å². The molecule has 1 aliphatic heterocycles. The molecule has 1 saturated carbocycles. The lowest BCUT2D eigenvalue weighted by molar-refractivity contribution is -0.0967. The third-order valence-electron chi connectivity index (χ3n) is 4.54. The quantitative estimate of drug-likeness (QED) is 0.722. The Labute approximate surface area is 119 Å². The van der Waals surface area contributed by atoms with Gasteiger partial charge in [-0.1, -0.05) is 27.7 Å². The van der Waals surface area contributed by atoms with Crippen LogP contribution in [0.2, 0.25) is 0 Å². The fourth-order valence-corrected chi connectivity index (χ4v) is 3.66. The van der Waals surface area contributed by atoms with Crippen LogP contribution in [0.25, 0.3) is 0 Å². The van der Waals surface area contributed by atoms with Crippen molar-refractivity contribution in [3.05, 3.63) is 0 Å². The number of likely N-dealkylation sites (tertiary alicyclic amines) is 1. The van der Waals surface area contributed by atoms with Gasteiger partial charge in [-0.25, -0.2) is 0 Å². The van der Waals surface area contributed by atoms with Gasteiger partial charge in [-0.15, -0.1) is 0 Å². The van der Waals surface area contributed by atoms with Gasteiger partial charge >= 0.3 is 0 Å². The lowest BCUT2D eigenvalue weighted by Gasteiger charge is -2.41. The SMILES string of the molecule is CC(C)CC1CC(OC2CCN(CC(C)C)CC2)C1. The molecule has 2 aliphatic rings. The topological polar surface area (TPSA) is 12.5 Å². The van der Waals surface area contributed by atoms with E-state index in [4.69, 9.17) is 4.74 Å². The molecule has 0 aromatic heterocycles. The number of hydrogen-bond acceptors (Lipinski definition) is 2. The molecule has 1 heterocycles. The maximum absolute atomic E-state index is 6.27. The molecule has 1 saturated heterocycles. The van der Waals surface area contributed by atoms with Crippen LogP contribution in [0.5, 0.6) is 0 Å². The zero-order chi connectivity index (χ0) is 13.8. The average molecular weight is 267 g/mol. The molecule has 0 N–H and O–H groups in total. The molecule has 0 atom stereocenters. The third kappa shape index (κ3) is 5.07. The van der Waals surface area contributed by atoms with Gasteiger partial charge in [0.15, 0.2) is 0 Å². The zero-order valence-corrected chi connectivity index (χ0v) is 13.4. The fourth-order valence-electron chi connectivity index (χ4n) is 3.66. The van der Waals surface area contributed by atoms with E-state index < -0.39 is 0 Å². The second-order valence-electron chi connectivity index (χ2n) is 7.62. The standard InChI is InChI=1S/C17H33NO/c1-13(2)9-15-10-17(11-15)19-16-5-7-18(8-6-16)12-14(3)4/h13-17H,5-12H2,1-4H3. The predicted molar refractivity (Wildman–Crippen MR) is 81.4 cm³/mol. The minimum atomic E-state index is 0.549. The normalized spacial score (nSPS) is 30.0. The van der Waals surface area contributed by atoms with Crippen molar-refractivity contribution >= 4 is 0 Å². The van der Waals surface area contributed by atoms with E-state index in [9.17, 15) is 0 Å². The van der Waals surface area contributed by atoms with Crippen LogP contribution in [-0.2, 0) is 4.74 Å². The first-order chi connectivity index (χ1) is 9.02. The molecule has 2 heteroatoms. The van der Waals surface area contributed by atoms with Crippen molar-refractivity contribution < 1.29 is 4.74 Å². The molecule has 2 fully saturated rings. The Morgan fingerprint density at radius 1 is 0.947 bits per heavy atom. The molecule has 0 spiro atoms. The van der Waals surface area contributed by atoms with Crippen molar-refractivity contribution in [3.63, 3.8) is 0 Å². The van der Waals surface area contributed by atoms with Gasteiger partial charge in [0.1, 0.15) is 0 Å². The Hall–Kier alpha value is -0.0800. The predicted octanol–water partition coefficient (Wildman–Crippen LogP) is 3.95. The Morgan fingerprint density at radius 2 is 1.58 bits per heavy atom. The smallest absolute Gasteiger partial charge is 0.0603 e. The average Bonchev–Trinajstić information content (AvgIpc) is 2.27. The fraction of sp³-hybridized carbons (Fsp3) is 1.00. The monoisotopic (exact) mass is 267 g/mol. The Kier molecular flexibility index (Phi) is 5.70. The summed E-state index contributed by atoms with van der Waals surface area (Å²) in [6.45, 7) is 13.0. The van der Waals surface area contributed by atoms with Crippen molar-refractivity contribution in [2.75, 3.05) is 19.6 Å². The van der Waals surface area contributed by atoms with Gasteiger partial charge in [-0.05, 0) is 49.9 Å². The van der Waals surface area contributed by atoms with Crippen LogP contribution in [0.4, 0.5) is 0 Å². The van der Waals surface area contributed by atoms with Crippen molar-refractivity contribution in [1.82, 2.24) is 4.90 Å². The summed E-state index contributed by atoms with van der Waals surface area (Å²) in [5.41, 5.74) is 0. The summed E-state index contributed by atoms with van der Waals surface area (Å²) < 4.78 is 6.27. The largest absolute Gasteiger partial charge is 0.375 e. The van der Waals surface area contributed by atoms with Crippen LogP contribution in [-0.4, -0.2) is 36.7 Å². The van der Waals surface area contributed by atoms with Crippen molar-refractivity contribution in [1.29, 1.82) is 0 Å². The van der Waals surface area contributed by atoms with E-state index in [2.05, 4.69) is 32.6 Å². The summed E-state index contributed by atoms with van der Waals surface area (Å²) in [4.78, 5) is 2.60. The van der Waals surface area contributed by atoms with E-state index >= 15 is 0 Å². The molecule has 1 aliphatic carbocycles.